The number of phosphoric acid groups is 1. The Morgan fingerprint density at radius 1 is 0.447 bits per heavy atom. The second-order valence-electron chi connectivity index (χ2n) is 24.2. The summed E-state index contributed by atoms with van der Waals surface area (Å²) >= 11 is 0. The highest BCUT2D eigenvalue weighted by atomic mass is 31.2. The Bertz CT molecular complexity index is 1330. The highest BCUT2D eigenvalue weighted by molar-refractivity contribution is 7.45. The summed E-state index contributed by atoms with van der Waals surface area (Å²) in [6.07, 6.45) is 77.1. The van der Waals surface area contributed by atoms with Crippen LogP contribution in [0.3, 0.4) is 0 Å². The number of rotatable bonds is 62. The van der Waals surface area contributed by atoms with E-state index in [1.807, 2.05) is 27.2 Å². The Balaban J connectivity index is 3.89. The van der Waals surface area contributed by atoms with Gasteiger partial charge < -0.3 is 28.8 Å². The molecule has 0 saturated heterocycles. The predicted molar refractivity (Wildman–Crippen MR) is 330 cm³/mol. The Kier molecular flexibility index (Phi) is 57.4. The van der Waals surface area contributed by atoms with E-state index in [1.165, 1.54) is 276 Å². The fraction of sp³-hybridized carbons (Fsp3) is 0.896. The zero-order valence-electron chi connectivity index (χ0n) is 51.5. The van der Waals surface area contributed by atoms with E-state index in [4.69, 9.17) is 9.05 Å². The van der Waals surface area contributed by atoms with Gasteiger partial charge in [0.1, 0.15) is 13.2 Å². The highest BCUT2D eigenvalue weighted by Crippen LogP contribution is 2.38. The Morgan fingerprint density at radius 3 is 1.07 bits per heavy atom. The topological polar surface area (TPSA) is 108 Å². The third-order valence-corrected chi connectivity index (χ3v) is 16.3. The van der Waals surface area contributed by atoms with Crippen LogP contribution in [-0.4, -0.2) is 68.5 Å². The number of phosphoric ester groups is 1. The number of hydrogen-bond donors (Lipinski definition) is 2. The van der Waals surface area contributed by atoms with E-state index in [1.54, 1.807) is 6.08 Å². The molecule has 9 heteroatoms. The van der Waals surface area contributed by atoms with Crippen molar-refractivity contribution in [3.8, 4) is 0 Å². The summed E-state index contributed by atoms with van der Waals surface area (Å²) in [5.74, 6) is -0.201. The molecule has 0 rings (SSSR count). The van der Waals surface area contributed by atoms with Crippen molar-refractivity contribution in [3.05, 3.63) is 36.5 Å². The van der Waals surface area contributed by atoms with Gasteiger partial charge in [0.05, 0.1) is 39.9 Å². The molecular formula is C67H131N2O6P. The van der Waals surface area contributed by atoms with Crippen LogP contribution in [-0.2, 0) is 18.4 Å². The molecular weight excluding hydrogens is 960 g/mol. The molecule has 0 radical (unpaired) electrons. The number of quaternary nitrogens is 1. The van der Waals surface area contributed by atoms with Crippen molar-refractivity contribution in [1.29, 1.82) is 0 Å². The number of carbonyl (C=O) groups is 1. The fourth-order valence-corrected chi connectivity index (χ4v) is 10.8. The van der Waals surface area contributed by atoms with Crippen molar-refractivity contribution in [2.45, 2.75) is 347 Å². The predicted octanol–water partition coefficient (Wildman–Crippen LogP) is 20.3. The molecule has 1 amide bonds. The van der Waals surface area contributed by atoms with Crippen LogP contribution in [0, 0.1) is 0 Å². The van der Waals surface area contributed by atoms with Gasteiger partial charge in [-0.2, -0.15) is 0 Å². The molecule has 0 aromatic carbocycles. The first-order valence-corrected chi connectivity index (χ1v) is 34.8. The van der Waals surface area contributed by atoms with E-state index in [0.717, 1.165) is 38.5 Å². The summed E-state index contributed by atoms with van der Waals surface area (Å²) in [6.45, 7) is 4.66. The maximum atomic E-state index is 13.0. The number of nitrogens with one attached hydrogen (secondary N) is 1. The normalized spacial score (nSPS) is 13.9. The number of unbranched alkanes of at least 4 members (excludes halogenated alkanes) is 45. The van der Waals surface area contributed by atoms with Gasteiger partial charge in [-0.25, -0.2) is 0 Å². The second-order valence-corrected chi connectivity index (χ2v) is 25.6. The minimum Gasteiger partial charge on any atom is -0.756 e. The molecule has 0 aliphatic rings. The number of likely N-dealkylation sites (N-methyl/N-ethyl adjacent to an activating group) is 1. The Morgan fingerprint density at radius 2 is 0.737 bits per heavy atom. The minimum atomic E-state index is -4.60. The molecule has 0 bridgehead atoms. The molecule has 0 aliphatic heterocycles. The van der Waals surface area contributed by atoms with Gasteiger partial charge >= 0.3 is 0 Å². The van der Waals surface area contributed by atoms with E-state index in [0.29, 0.717) is 17.4 Å². The van der Waals surface area contributed by atoms with Crippen LogP contribution in [0.25, 0.3) is 0 Å². The molecule has 0 fully saturated rings. The van der Waals surface area contributed by atoms with E-state index in [2.05, 4.69) is 43.5 Å². The fourth-order valence-electron chi connectivity index (χ4n) is 10.1. The SMILES string of the molecule is CCCCCCCCCC/C=C\CCCCCCCCCCCCCCCCCCCCCCCCCCCCCC(=O)NC(COP(=O)([O-])OCC[N+](C)(C)C)C(O)/C=C/CC/C=C/CCCCCCCCCCC. The molecule has 0 spiro atoms. The van der Waals surface area contributed by atoms with Crippen LogP contribution in [0.4, 0.5) is 0 Å². The Hall–Kier alpha value is -1.28. The average molecular weight is 1090 g/mol. The molecule has 3 atom stereocenters. The van der Waals surface area contributed by atoms with Gasteiger partial charge in [-0.3, -0.25) is 9.36 Å². The lowest BCUT2D eigenvalue weighted by Gasteiger charge is -2.29. The summed E-state index contributed by atoms with van der Waals surface area (Å²) in [7, 11) is 1.26. The van der Waals surface area contributed by atoms with Crippen molar-refractivity contribution in [1.82, 2.24) is 5.32 Å². The molecule has 0 aliphatic carbocycles. The summed E-state index contributed by atoms with van der Waals surface area (Å²) in [5.41, 5.74) is 0. The maximum absolute atomic E-state index is 13.0. The maximum Gasteiger partial charge on any atom is 0.268 e. The lowest BCUT2D eigenvalue weighted by Crippen LogP contribution is -2.45. The van der Waals surface area contributed by atoms with Gasteiger partial charge in [-0.15, -0.1) is 0 Å². The number of carbonyl (C=O) groups excluding carboxylic acids is 1. The van der Waals surface area contributed by atoms with Crippen LogP contribution in [0.1, 0.15) is 335 Å². The van der Waals surface area contributed by atoms with Gasteiger partial charge in [0.25, 0.3) is 7.82 Å². The molecule has 0 saturated carbocycles. The summed E-state index contributed by atoms with van der Waals surface area (Å²) < 4.78 is 23.3. The largest absolute Gasteiger partial charge is 0.756 e. The number of amides is 1. The quantitative estimate of drug-likeness (QED) is 0.0272. The second kappa shape index (κ2) is 58.4. The third-order valence-electron chi connectivity index (χ3n) is 15.3. The molecule has 0 heterocycles. The van der Waals surface area contributed by atoms with Crippen molar-refractivity contribution in [3.63, 3.8) is 0 Å². The first-order chi connectivity index (χ1) is 37.0. The standard InChI is InChI=1S/C67H131N2O6P/c1-6-8-10-12-14-16-18-20-22-23-24-25-26-27-28-29-30-31-32-33-34-35-36-37-38-39-40-41-42-43-44-45-47-49-51-53-55-57-59-61-67(71)68-65(64-75-76(72,73)74-63-62-69(3,4)5)66(70)60-58-56-54-52-50-48-46-21-19-17-15-13-11-9-7-2/h23-24,50,52,58,60,65-66,70H,6-22,25-49,51,53-57,59,61-64H2,1-5H3,(H-,68,71,72,73)/b24-23-,52-50+,60-58+. The van der Waals surface area contributed by atoms with Crippen LogP contribution in [0.15, 0.2) is 36.5 Å². The number of allylic oxidation sites excluding steroid dienone is 5. The van der Waals surface area contributed by atoms with Gasteiger partial charge in [-0.05, 0) is 57.8 Å². The minimum absolute atomic E-state index is 0.00445. The smallest absolute Gasteiger partial charge is 0.268 e. The van der Waals surface area contributed by atoms with Gasteiger partial charge in [0.15, 0.2) is 0 Å². The van der Waals surface area contributed by atoms with E-state index in [9.17, 15) is 19.4 Å². The zero-order valence-corrected chi connectivity index (χ0v) is 52.4. The first-order valence-electron chi connectivity index (χ1n) is 33.4. The molecule has 0 aromatic rings. The third kappa shape index (κ3) is 60.4. The average Bonchev–Trinajstić information content (AvgIpc) is 3.38. The van der Waals surface area contributed by atoms with Crippen molar-refractivity contribution >= 4 is 13.7 Å². The van der Waals surface area contributed by atoms with E-state index >= 15 is 0 Å². The van der Waals surface area contributed by atoms with Crippen LogP contribution in [0.5, 0.6) is 0 Å². The Labute approximate surface area is 474 Å². The molecule has 2 N–H and O–H groups in total. The summed E-state index contributed by atoms with van der Waals surface area (Å²) in [4.78, 5) is 25.5. The number of hydrogen-bond acceptors (Lipinski definition) is 6. The van der Waals surface area contributed by atoms with E-state index < -0.39 is 20.0 Å². The van der Waals surface area contributed by atoms with Crippen molar-refractivity contribution in [2.24, 2.45) is 0 Å². The summed E-state index contributed by atoms with van der Waals surface area (Å²) in [6, 6.07) is -0.901. The molecule has 8 nitrogen and oxygen atoms in total. The van der Waals surface area contributed by atoms with Crippen LogP contribution < -0.4 is 10.2 Å². The summed E-state index contributed by atoms with van der Waals surface area (Å²) in [5, 5.41) is 13.9. The molecule has 450 valence electrons. The van der Waals surface area contributed by atoms with Gasteiger partial charge in [0.2, 0.25) is 5.91 Å². The monoisotopic (exact) mass is 1090 g/mol. The van der Waals surface area contributed by atoms with Crippen molar-refractivity contribution < 1.29 is 32.9 Å². The number of nitrogens with zero attached hydrogens (tertiary/aromatic N) is 1. The van der Waals surface area contributed by atoms with Gasteiger partial charge in [-0.1, -0.05) is 307 Å². The zero-order chi connectivity index (χ0) is 55.6. The van der Waals surface area contributed by atoms with Crippen LogP contribution >= 0.6 is 7.82 Å². The van der Waals surface area contributed by atoms with Crippen molar-refractivity contribution in [2.75, 3.05) is 40.9 Å². The first kappa shape index (κ1) is 74.7. The lowest BCUT2D eigenvalue weighted by atomic mass is 10.0. The van der Waals surface area contributed by atoms with Crippen LogP contribution in [0.2, 0.25) is 0 Å². The van der Waals surface area contributed by atoms with Gasteiger partial charge in [0, 0.05) is 6.42 Å². The molecule has 76 heavy (non-hydrogen) atoms. The molecule has 3 unspecified atom stereocenters. The number of aliphatic hydroxyl groups excluding tert-OH is 1. The van der Waals surface area contributed by atoms with E-state index in [-0.39, 0.29) is 19.1 Å². The highest BCUT2D eigenvalue weighted by Gasteiger charge is 2.23. The molecule has 0 aromatic heterocycles. The lowest BCUT2D eigenvalue weighted by molar-refractivity contribution is -0.870. The number of aliphatic hydroxyl groups is 1.